The molecule has 4 heteroatoms. The minimum absolute atomic E-state index is 0.0575. The van der Waals surface area contributed by atoms with Crippen LogP contribution in [-0.4, -0.2) is 13.0 Å². The molecule has 0 heterocycles. The Morgan fingerprint density at radius 2 is 1.86 bits per heavy atom. The summed E-state index contributed by atoms with van der Waals surface area (Å²) in [6.45, 7) is 3.91. The number of carbonyl (C=O) groups excluding carboxylic acids is 1. The maximum atomic E-state index is 12.3. The predicted octanol–water partition coefficient (Wildman–Crippen LogP) is 4.26. The van der Waals surface area contributed by atoms with Crippen LogP contribution in [0.3, 0.4) is 0 Å². The van der Waals surface area contributed by atoms with E-state index in [1.165, 1.54) is 0 Å². The summed E-state index contributed by atoms with van der Waals surface area (Å²) in [5.41, 5.74) is 2.67. The fourth-order valence-corrected chi connectivity index (χ4v) is 2.34. The Kier molecular flexibility index (Phi) is 5.02. The standard InChI is InChI=1S/C17H18BrNO2/c1-11-4-5-14(10-16(11)21-3)17(20)19-12(2)13-6-8-15(18)9-7-13/h4-10,12H,1-3H3,(H,19,20)/t12-/m1/s1. The fraction of sp³-hybridized carbons (Fsp3) is 0.235. The summed E-state index contributed by atoms with van der Waals surface area (Å²) < 4.78 is 6.27. The van der Waals surface area contributed by atoms with Crippen molar-refractivity contribution in [2.75, 3.05) is 7.11 Å². The van der Waals surface area contributed by atoms with E-state index in [0.717, 1.165) is 21.3 Å². The van der Waals surface area contributed by atoms with Gasteiger partial charge in [-0.2, -0.15) is 0 Å². The van der Waals surface area contributed by atoms with Gasteiger partial charge in [0, 0.05) is 10.0 Å². The molecule has 1 N–H and O–H groups in total. The van der Waals surface area contributed by atoms with Gasteiger partial charge in [0.15, 0.2) is 0 Å². The SMILES string of the molecule is COc1cc(C(=O)N[C@H](C)c2ccc(Br)cc2)ccc1C. The van der Waals surface area contributed by atoms with Crippen LogP contribution in [0, 0.1) is 6.92 Å². The topological polar surface area (TPSA) is 38.3 Å². The van der Waals surface area contributed by atoms with E-state index in [1.54, 1.807) is 13.2 Å². The number of methoxy groups -OCH3 is 1. The molecule has 1 amide bonds. The summed E-state index contributed by atoms with van der Waals surface area (Å²) in [4.78, 5) is 12.3. The summed E-state index contributed by atoms with van der Waals surface area (Å²) >= 11 is 3.40. The molecule has 2 rings (SSSR count). The monoisotopic (exact) mass is 347 g/mol. The van der Waals surface area contributed by atoms with Crippen LogP contribution in [0.2, 0.25) is 0 Å². The Hall–Kier alpha value is -1.81. The van der Waals surface area contributed by atoms with Crippen molar-refractivity contribution in [2.45, 2.75) is 19.9 Å². The van der Waals surface area contributed by atoms with E-state index in [0.29, 0.717) is 5.56 Å². The van der Waals surface area contributed by atoms with Crippen LogP contribution in [0.15, 0.2) is 46.9 Å². The first kappa shape index (κ1) is 15.6. The molecule has 1 atom stereocenters. The van der Waals surface area contributed by atoms with E-state index < -0.39 is 0 Å². The fourth-order valence-electron chi connectivity index (χ4n) is 2.08. The van der Waals surface area contributed by atoms with Gasteiger partial charge in [-0.05, 0) is 49.2 Å². The van der Waals surface area contributed by atoms with Crippen LogP contribution in [-0.2, 0) is 0 Å². The van der Waals surface area contributed by atoms with Gasteiger partial charge < -0.3 is 10.1 Å². The van der Waals surface area contributed by atoms with Gasteiger partial charge in [0.25, 0.3) is 5.91 Å². The van der Waals surface area contributed by atoms with Crippen molar-refractivity contribution in [3.05, 3.63) is 63.6 Å². The lowest BCUT2D eigenvalue weighted by molar-refractivity contribution is 0.0939. The molecule has 0 fully saturated rings. The quantitative estimate of drug-likeness (QED) is 0.897. The molecular weight excluding hydrogens is 330 g/mol. The number of rotatable bonds is 4. The number of benzene rings is 2. The lowest BCUT2D eigenvalue weighted by Crippen LogP contribution is -2.26. The smallest absolute Gasteiger partial charge is 0.251 e. The number of ether oxygens (including phenoxy) is 1. The van der Waals surface area contributed by atoms with E-state index >= 15 is 0 Å². The zero-order chi connectivity index (χ0) is 15.4. The highest BCUT2D eigenvalue weighted by atomic mass is 79.9. The number of carbonyl (C=O) groups is 1. The molecule has 2 aromatic rings. The molecule has 110 valence electrons. The first-order valence-electron chi connectivity index (χ1n) is 6.72. The Morgan fingerprint density at radius 3 is 2.48 bits per heavy atom. The third kappa shape index (κ3) is 3.85. The highest BCUT2D eigenvalue weighted by Crippen LogP contribution is 2.20. The second-order valence-electron chi connectivity index (χ2n) is 4.93. The van der Waals surface area contributed by atoms with Gasteiger partial charge >= 0.3 is 0 Å². The zero-order valence-electron chi connectivity index (χ0n) is 12.3. The van der Waals surface area contributed by atoms with Gasteiger partial charge in [-0.15, -0.1) is 0 Å². The van der Waals surface area contributed by atoms with Crippen LogP contribution in [0.1, 0.15) is 34.5 Å². The minimum Gasteiger partial charge on any atom is -0.496 e. The molecule has 0 bridgehead atoms. The lowest BCUT2D eigenvalue weighted by Gasteiger charge is -2.15. The third-order valence-corrected chi connectivity index (χ3v) is 3.92. The molecule has 21 heavy (non-hydrogen) atoms. The number of amides is 1. The number of hydrogen-bond donors (Lipinski definition) is 1. The molecule has 0 saturated heterocycles. The predicted molar refractivity (Wildman–Crippen MR) is 87.8 cm³/mol. The van der Waals surface area contributed by atoms with Crippen LogP contribution in [0.4, 0.5) is 0 Å². The highest BCUT2D eigenvalue weighted by Gasteiger charge is 2.12. The van der Waals surface area contributed by atoms with E-state index in [9.17, 15) is 4.79 Å². The summed E-state index contributed by atoms with van der Waals surface area (Å²) in [6.07, 6.45) is 0. The summed E-state index contributed by atoms with van der Waals surface area (Å²) in [5.74, 6) is 0.614. The third-order valence-electron chi connectivity index (χ3n) is 3.39. The van der Waals surface area contributed by atoms with E-state index in [4.69, 9.17) is 4.74 Å². The van der Waals surface area contributed by atoms with Crippen molar-refractivity contribution in [1.82, 2.24) is 5.32 Å². The summed E-state index contributed by atoms with van der Waals surface area (Å²) in [7, 11) is 1.61. The Morgan fingerprint density at radius 1 is 1.19 bits per heavy atom. The van der Waals surface area contributed by atoms with Gasteiger partial charge in [0.1, 0.15) is 5.75 Å². The van der Waals surface area contributed by atoms with Crippen molar-refractivity contribution in [3.63, 3.8) is 0 Å². The van der Waals surface area contributed by atoms with Crippen molar-refractivity contribution >= 4 is 21.8 Å². The Bertz CT molecular complexity index is 638. The molecule has 2 aromatic carbocycles. The normalized spacial score (nSPS) is 11.8. The summed E-state index contributed by atoms with van der Waals surface area (Å²) in [6, 6.07) is 13.3. The average Bonchev–Trinajstić information content (AvgIpc) is 2.48. The number of nitrogens with one attached hydrogen (secondary N) is 1. The van der Waals surface area contributed by atoms with Crippen LogP contribution in [0.5, 0.6) is 5.75 Å². The average molecular weight is 348 g/mol. The van der Waals surface area contributed by atoms with Gasteiger partial charge in [-0.1, -0.05) is 34.1 Å². The molecule has 0 aliphatic carbocycles. The first-order valence-corrected chi connectivity index (χ1v) is 7.51. The molecule has 0 aliphatic rings. The molecule has 0 unspecified atom stereocenters. The largest absolute Gasteiger partial charge is 0.496 e. The van der Waals surface area contributed by atoms with Crippen molar-refractivity contribution in [1.29, 1.82) is 0 Å². The maximum Gasteiger partial charge on any atom is 0.251 e. The Labute approximate surface area is 133 Å². The molecule has 0 aromatic heterocycles. The highest BCUT2D eigenvalue weighted by molar-refractivity contribution is 9.10. The second kappa shape index (κ2) is 6.76. The van der Waals surface area contributed by atoms with Crippen molar-refractivity contribution in [3.8, 4) is 5.75 Å². The van der Waals surface area contributed by atoms with Crippen molar-refractivity contribution < 1.29 is 9.53 Å². The zero-order valence-corrected chi connectivity index (χ0v) is 13.9. The van der Waals surface area contributed by atoms with Gasteiger partial charge in [0.2, 0.25) is 0 Å². The van der Waals surface area contributed by atoms with E-state index in [-0.39, 0.29) is 11.9 Å². The van der Waals surface area contributed by atoms with Crippen molar-refractivity contribution in [2.24, 2.45) is 0 Å². The van der Waals surface area contributed by atoms with E-state index in [2.05, 4.69) is 21.2 Å². The maximum absolute atomic E-state index is 12.3. The molecule has 0 spiro atoms. The Balaban J connectivity index is 2.12. The second-order valence-corrected chi connectivity index (χ2v) is 5.85. The van der Waals surface area contributed by atoms with E-state index in [1.807, 2.05) is 50.2 Å². The van der Waals surface area contributed by atoms with Gasteiger partial charge in [0.05, 0.1) is 13.2 Å². The lowest BCUT2D eigenvalue weighted by atomic mass is 10.1. The molecule has 3 nitrogen and oxygen atoms in total. The molecule has 0 aliphatic heterocycles. The molecule has 0 radical (unpaired) electrons. The molecular formula is C17H18BrNO2. The van der Waals surface area contributed by atoms with Crippen LogP contribution < -0.4 is 10.1 Å². The summed E-state index contributed by atoms with van der Waals surface area (Å²) in [5, 5.41) is 2.99. The van der Waals surface area contributed by atoms with Crippen LogP contribution >= 0.6 is 15.9 Å². The number of halogens is 1. The number of aryl methyl sites for hydroxylation is 1. The first-order chi connectivity index (χ1) is 10.0. The number of hydrogen-bond acceptors (Lipinski definition) is 2. The van der Waals surface area contributed by atoms with Crippen LogP contribution in [0.25, 0.3) is 0 Å². The minimum atomic E-state index is -0.108. The van der Waals surface area contributed by atoms with Gasteiger partial charge in [-0.3, -0.25) is 4.79 Å². The molecule has 0 saturated carbocycles. The van der Waals surface area contributed by atoms with Gasteiger partial charge in [-0.25, -0.2) is 0 Å².